The Balaban J connectivity index is 2.08. The van der Waals surface area contributed by atoms with Crippen LogP contribution in [0.1, 0.15) is 54.3 Å². The van der Waals surface area contributed by atoms with Crippen LogP contribution in [0.25, 0.3) is 6.08 Å². The van der Waals surface area contributed by atoms with Gasteiger partial charge in [0, 0.05) is 28.9 Å². The lowest BCUT2D eigenvalue weighted by Crippen LogP contribution is -2.41. The molecule has 1 aliphatic rings. The van der Waals surface area contributed by atoms with E-state index in [0.717, 1.165) is 30.3 Å². The van der Waals surface area contributed by atoms with Gasteiger partial charge in [-0.3, -0.25) is 4.79 Å². The van der Waals surface area contributed by atoms with Crippen LogP contribution in [0.5, 0.6) is 0 Å². The van der Waals surface area contributed by atoms with Crippen molar-refractivity contribution in [3.05, 3.63) is 28.0 Å². The Morgan fingerprint density at radius 3 is 2.71 bits per heavy atom. The first-order chi connectivity index (χ1) is 10.1. The Hall–Kier alpha value is -1.62. The second-order valence-electron chi connectivity index (χ2n) is 5.29. The van der Waals surface area contributed by atoms with Gasteiger partial charge in [0.2, 0.25) is 0 Å². The maximum atomic E-state index is 12.6. The first kappa shape index (κ1) is 15.8. The average Bonchev–Trinajstić information content (AvgIpc) is 2.96. The van der Waals surface area contributed by atoms with E-state index in [1.807, 2.05) is 17.2 Å². The molecule has 0 aliphatic heterocycles. The fraction of sp³-hybridized carbons (Fsp3) is 0.500. The molecular formula is C16H21NO3S. The molecule has 1 fully saturated rings. The molecule has 114 valence electrons. The van der Waals surface area contributed by atoms with Gasteiger partial charge >= 0.3 is 5.97 Å². The van der Waals surface area contributed by atoms with Gasteiger partial charge in [-0.05, 0) is 31.9 Å². The Kier molecular flexibility index (Phi) is 5.56. The summed E-state index contributed by atoms with van der Waals surface area (Å²) in [6, 6.07) is 2.13. The molecule has 0 atom stereocenters. The Morgan fingerprint density at radius 1 is 1.38 bits per heavy atom. The highest BCUT2D eigenvalue weighted by Crippen LogP contribution is 2.25. The average molecular weight is 307 g/mol. The van der Waals surface area contributed by atoms with E-state index in [2.05, 4.69) is 0 Å². The standard InChI is InChI=1S/C16H21NO3S/c1-2-17(13-6-4-3-5-7-13)16(20)12-10-14(21-11-12)8-9-15(18)19/h8-11,13H,2-7H2,1H3,(H,18,19). The van der Waals surface area contributed by atoms with Crippen LogP contribution in [0.4, 0.5) is 0 Å². The number of carboxylic acids is 1. The van der Waals surface area contributed by atoms with Crippen molar-refractivity contribution < 1.29 is 14.7 Å². The lowest BCUT2D eigenvalue weighted by Gasteiger charge is -2.33. The van der Waals surface area contributed by atoms with Gasteiger partial charge in [-0.15, -0.1) is 11.3 Å². The molecule has 1 heterocycles. The van der Waals surface area contributed by atoms with Crippen LogP contribution in [-0.4, -0.2) is 34.5 Å². The number of carboxylic acid groups (broad SMARTS) is 1. The Morgan fingerprint density at radius 2 is 2.10 bits per heavy atom. The number of aliphatic carboxylic acids is 1. The fourth-order valence-corrected chi connectivity index (χ4v) is 3.61. The normalized spacial score (nSPS) is 16.2. The molecule has 0 saturated heterocycles. The SMILES string of the molecule is CCN(C(=O)c1csc(C=CC(=O)O)c1)C1CCCCC1. The third-order valence-electron chi connectivity index (χ3n) is 3.87. The lowest BCUT2D eigenvalue weighted by atomic mass is 9.94. The van der Waals surface area contributed by atoms with Gasteiger partial charge in [0.25, 0.3) is 5.91 Å². The van der Waals surface area contributed by atoms with Crippen molar-refractivity contribution in [1.82, 2.24) is 4.90 Å². The number of hydrogen-bond acceptors (Lipinski definition) is 3. The van der Waals surface area contributed by atoms with Crippen molar-refractivity contribution in [2.75, 3.05) is 6.54 Å². The molecule has 1 amide bonds. The van der Waals surface area contributed by atoms with Crippen LogP contribution in [-0.2, 0) is 4.79 Å². The van der Waals surface area contributed by atoms with Gasteiger partial charge in [0.15, 0.2) is 0 Å². The summed E-state index contributed by atoms with van der Waals surface area (Å²) in [7, 11) is 0. The molecule has 0 aromatic carbocycles. The van der Waals surface area contributed by atoms with Crippen LogP contribution >= 0.6 is 11.3 Å². The number of nitrogens with zero attached hydrogens (tertiary/aromatic N) is 1. The quantitative estimate of drug-likeness (QED) is 0.845. The monoisotopic (exact) mass is 307 g/mol. The molecule has 0 unspecified atom stereocenters. The highest BCUT2D eigenvalue weighted by Gasteiger charge is 2.25. The lowest BCUT2D eigenvalue weighted by molar-refractivity contribution is -0.131. The van der Waals surface area contributed by atoms with E-state index >= 15 is 0 Å². The van der Waals surface area contributed by atoms with Crippen LogP contribution in [0.2, 0.25) is 0 Å². The minimum Gasteiger partial charge on any atom is -0.478 e. The zero-order valence-electron chi connectivity index (χ0n) is 12.2. The minimum atomic E-state index is -0.978. The summed E-state index contributed by atoms with van der Waals surface area (Å²) in [5.74, 6) is -0.913. The summed E-state index contributed by atoms with van der Waals surface area (Å²) in [4.78, 5) is 25.9. The van der Waals surface area contributed by atoms with Crippen LogP contribution in [0, 0.1) is 0 Å². The van der Waals surface area contributed by atoms with Gasteiger partial charge in [0.1, 0.15) is 0 Å². The predicted octanol–water partition coefficient (Wildman–Crippen LogP) is 3.64. The molecular weight excluding hydrogens is 286 g/mol. The largest absolute Gasteiger partial charge is 0.478 e. The molecule has 21 heavy (non-hydrogen) atoms. The zero-order chi connectivity index (χ0) is 15.2. The van der Waals surface area contributed by atoms with Crippen molar-refractivity contribution in [3.8, 4) is 0 Å². The van der Waals surface area contributed by atoms with Crippen molar-refractivity contribution in [2.45, 2.75) is 45.1 Å². The molecule has 1 aromatic heterocycles. The molecule has 1 N–H and O–H groups in total. The van der Waals surface area contributed by atoms with Crippen LogP contribution < -0.4 is 0 Å². The Bertz CT molecular complexity index is 529. The van der Waals surface area contributed by atoms with E-state index in [4.69, 9.17) is 5.11 Å². The second-order valence-corrected chi connectivity index (χ2v) is 6.24. The van der Waals surface area contributed by atoms with E-state index in [-0.39, 0.29) is 5.91 Å². The summed E-state index contributed by atoms with van der Waals surface area (Å²) in [6.45, 7) is 2.74. The number of carbonyl (C=O) groups is 2. The van der Waals surface area contributed by atoms with E-state index in [1.54, 1.807) is 6.07 Å². The smallest absolute Gasteiger partial charge is 0.328 e. The maximum Gasteiger partial charge on any atom is 0.328 e. The minimum absolute atomic E-state index is 0.0654. The second kappa shape index (κ2) is 7.41. The van der Waals surface area contributed by atoms with E-state index in [9.17, 15) is 9.59 Å². The van der Waals surface area contributed by atoms with Crippen molar-refractivity contribution in [2.24, 2.45) is 0 Å². The molecule has 0 spiro atoms. The van der Waals surface area contributed by atoms with Gasteiger partial charge in [0.05, 0.1) is 5.56 Å². The van der Waals surface area contributed by atoms with Crippen molar-refractivity contribution in [3.63, 3.8) is 0 Å². The third-order valence-corrected chi connectivity index (χ3v) is 4.77. The first-order valence-electron chi connectivity index (χ1n) is 7.42. The highest BCUT2D eigenvalue weighted by atomic mass is 32.1. The molecule has 5 heteroatoms. The topological polar surface area (TPSA) is 57.6 Å². The number of rotatable bonds is 5. The predicted molar refractivity (Wildman–Crippen MR) is 84.6 cm³/mol. The summed E-state index contributed by atoms with van der Waals surface area (Å²) >= 11 is 1.40. The van der Waals surface area contributed by atoms with Crippen molar-refractivity contribution >= 4 is 29.3 Å². The van der Waals surface area contributed by atoms with Crippen molar-refractivity contribution in [1.29, 1.82) is 0 Å². The van der Waals surface area contributed by atoms with Gasteiger partial charge in [-0.25, -0.2) is 4.79 Å². The molecule has 1 aromatic rings. The van der Waals surface area contributed by atoms with E-state index in [0.29, 0.717) is 11.6 Å². The van der Waals surface area contributed by atoms with Gasteiger partial charge in [-0.2, -0.15) is 0 Å². The van der Waals surface area contributed by atoms with Crippen LogP contribution in [0.3, 0.4) is 0 Å². The summed E-state index contributed by atoms with van der Waals surface area (Å²) in [5.41, 5.74) is 0.664. The molecule has 4 nitrogen and oxygen atoms in total. The number of carbonyl (C=O) groups excluding carboxylic acids is 1. The summed E-state index contributed by atoms with van der Waals surface area (Å²) in [5, 5.41) is 10.4. The number of hydrogen-bond donors (Lipinski definition) is 1. The van der Waals surface area contributed by atoms with E-state index in [1.165, 1.54) is 36.7 Å². The highest BCUT2D eigenvalue weighted by molar-refractivity contribution is 7.11. The molecule has 0 radical (unpaired) electrons. The fourth-order valence-electron chi connectivity index (χ4n) is 2.83. The maximum absolute atomic E-state index is 12.6. The third kappa shape index (κ3) is 4.17. The van der Waals surface area contributed by atoms with E-state index < -0.39 is 5.97 Å². The van der Waals surface area contributed by atoms with Gasteiger partial charge in [-0.1, -0.05) is 19.3 Å². The summed E-state index contributed by atoms with van der Waals surface area (Å²) in [6.07, 6.45) is 8.48. The number of thiophene rings is 1. The van der Waals surface area contributed by atoms with Crippen LogP contribution in [0.15, 0.2) is 17.5 Å². The van der Waals surface area contributed by atoms with Gasteiger partial charge < -0.3 is 10.0 Å². The molecule has 0 bridgehead atoms. The number of amides is 1. The molecule has 1 saturated carbocycles. The summed E-state index contributed by atoms with van der Waals surface area (Å²) < 4.78 is 0. The first-order valence-corrected chi connectivity index (χ1v) is 8.30. The Labute approximate surface area is 129 Å². The molecule has 2 rings (SSSR count). The molecule has 1 aliphatic carbocycles. The zero-order valence-corrected chi connectivity index (χ0v) is 13.1.